The lowest BCUT2D eigenvalue weighted by atomic mass is 9.87. The Morgan fingerprint density at radius 2 is 2.17 bits per heavy atom. The topological polar surface area (TPSA) is 43.6 Å². The number of carbonyl (C=O) groups is 1. The van der Waals surface area contributed by atoms with E-state index in [0.29, 0.717) is 35.8 Å². The minimum Gasteiger partial charge on any atom is -0.383 e. The zero-order valence-electron chi connectivity index (χ0n) is 14.0. The molecule has 0 radical (unpaired) electrons. The molecule has 1 fully saturated rings. The molecule has 0 saturated heterocycles. The number of methoxy groups -OCH3 is 1. The largest absolute Gasteiger partial charge is 0.383 e. The summed E-state index contributed by atoms with van der Waals surface area (Å²) in [5.74, 6) is 0.0644. The molecule has 4 nitrogen and oxygen atoms in total. The summed E-state index contributed by atoms with van der Waals surface area (Å²) in [6, 6.07) is 4.98. The number of hydrogen-bond acceptors (Lipinski definition) is 3. The molecule has 3 rings (SSSR count). The molecule has 1 aromatic heterocycles. The number of ether oxygens (including phenoxy) is 1. The Morgan fingerprint density at radius 1 is 1.38 bits per heavy atom. The fourth-order valence-corrected chi connectivity index (χ4v) is 4.44. The summed E-state index contributed by atoms with van der Waals surface area (Å²) in [5, 5.41) is 0. The summed E-state index contributed by atoms with van der Waals surface area (Å²) in [7, 11) is 1.61. The van der Waals surface area contributed by atoms with Crippen molar-refractivity contribution in [2.45, 2.75) is 45.1 Å². The van der Waals surface area contributed by atoms with Crippen molar-refractivity contribution in [1.82, 2.24) is 4.57 Å². The van der Waals surface area contributed by atoms with Gasteiger partial charge in [0.1, 0.15) is 5.82 Å². The van der Waals surface area contributed by atoms with Gasteiger partial charge in [0.15, 0.2) is 4.80 Å². The van der Waals surface area contributed by atoms with Crippen molar-refractivity contribution in [3.05, 3.63) is 28.8 Å². The van der Waals surface area contributed by atoms with Crippen LogP contribution in [0, 0.1) is 11.7 Å². The number of nitrogens with zero attached hydrogens (tertiary/aromatic N) is 2. The molecule has 1 aliphatic carbocycles. The van der Waals surface area contributed by atoms with E-state index >= 15 is 0 Å². The first kappa shape index (κ1) is 17.3. The minimum atomic E-state index is -0.291. The maximum Gasteiger partial charge on any atom is 0.248 e. The number of para-hydroxylation sites is 1. The molecule has 0 unspecified atom stereocenters. The Labute approximate surface area is 145 Å². The van der Waals surface area contributed by atoms with E-state index in [1.54, 1.807) is 17.7 Å². The van der Waals surface area contributed by atoms with Gasteiger partial charge in [0.25, 0.3) is 0 Å². The van der Waals surface area contributed by atoms with Crippen molar-refractivity contribution in [1.29, 1.82) is 0 Å². The highest BCUT2D eigenvalue weighted by Gasteiger charge is 2.17. The molecular weight excluding hydrogens is 327 g/mol. The van der Waals surface area contributed by atoms with Crippen LogP contribution in [0.25, 0.3) is 10.2 Å². The molecule has 1 saturated carbocycles. The third-order valence-electron chi connectivity index (χ3n) is 4.58. The van der Waals surface area contributed by atoms with Gasteiger partial charge in [-0.3, -0.25) is 4.79 Å². The van der Waals surface area contributed by atoms with Crippen molar-refractivity contribution >= 4 is 27.5 Å². The van der Waals surface area contributed by atoms with Gasteiger partial charge in [-0.25, -0.2) is 4.39 Å². The summed E-state index contributed by atoms with van der Waals surface area (Å²) < 4.78 is 21.9. The molecule has 0 bridgehead atoms. The van der Waals surface area contributed by atoms with Gasteiger partial charge in [-0.2, -0.15) is 4.99 Å². The summed E-state index contributed by atoms with van der Waals surface area (Å²) in [5.41, 5.74) is 0.503. The highest BCUT2D eigenvalue weighted by atomic mass is 32.1. The second-order valence-corrected chi connectivity index (χ2v) is 7.34. The molecule has 0 aliphatic heterocycles. The zero-order chi connectivity index (χ0) is 16.9. The van der Waals surface area contributed by atoms with Gasteiger partial charge >= 0.3 is 0 Å². The maximum absolute atomic E-state index is 14.2. The lowest BCUT2D eigenvalue weighted by Crippen LogP contribution is -2.20. The number of halogens is 1. The van der Waals surface area contributed by atoms with Crippen molar-refractivity contribution < 1.29 is 13.9 Å². The summed E-state index contributed by atoms with van der Waals surface area (Å²) in [6.07, 6.45) is 6.42. The predicted octanol–water partition coefficient (Wildman–Crippen LogP) is 3.89. The standard InChI is InChI=1S/C18H23FN2O2S/c1-23-11-10-21-17-14(19)8-5-9-15(17)24-18(21)20-16(22)12-13-6-3-2-4-7-13/h5,8-9,13H,2-4,6-7,10-12H2,1H3. The van der Waals surface area contributed by atoms with Crippen molar-refractivity contribution in [3.63, 3.8) is 0 Å². The molecule has 0 spiro atoms. The van der Waals surface area contributed by atoms with E-state index in [-0.39, 0.29) is 11.7 Å². The van der Waals surface area contributed by atoms with E-state index in [9.17, 15) is 9.18 Å². The summed E-state index contributed by atoms with van der Waals surface area (Å²) >= 11 is 1.36. The molecular formula is C18H23FN2O2S. The number of rotatable bonds is 5. The van der Waals surface area contributed by atoms with E-state index in [1.807, 2.05) is 6.07 Å². The van der Waals surface area contributed by atoms with Gasteiger partial charge in [-0.1, -0.05) is 36.7 Å². The van der Waals surface area contributed by atoms with Crippen LogP contribution in [0.4, 0.5) is 4.39 Å². The Hall–Kier alpha value is -1.53. The predicted molar refractivity (Wildman–Crippen MR) is 93.4 cm³/mol. The molecule has 130 valence electrons. The van der Waals surface area contributed by atoms with Crippen molar-refractivity contribution in [2.24, 2.45) is 10.9 Å². The van der Waals surface area contributed by atoms with Crippen LogP contribution in [0.15, 0.2) is 23.2 Å². The van der Waals surface area contributed by atoms with E-state index in [0.717, 1.165) is 17.5 Å². The van der Waals surface area contributed by atoms with Crippen LogP contribution in [-0.4, -0.2) is 24.2 Å². The second kappa shape index (κ2) is 8.03. The highest BCUT2D eigenvalue weighted by Crippen LogP contribution is 2.26. The molecule has 6 heteroatoms. The number of benzene rings is 1. The third kappa shape index (κ3) is 3.92. The van der Waals surface area contributed by atoms with Gasteiger partial charge in [-0.15, -0.1) is 0 Å². The van der Waals surface area contributed by atoms with Gasteiger partial charge < -0.3 is 9.30 Å². The van der Waals surface area contributed by atoms with Crippen molar-refractivity contribution in [2.75, 3.05) is 13.7 Å². The number of hydrogen-bond donors (Lipinski definition) is 0. The minimum absolute atomic E-state index is 0.0972. The molecule has 2 aromatic rings. The Morgan fingerprint density at radius 3 is 2.92 bits per heavy atom. The van der Waals surface area contributed by atoms with Gasteiger partial charge in [0, 0.05) is 20.1 Å². The number of thiazole rings is 1. The Kier molecular flexibility index (Phi) is 5.79. The Balaban J connectivity index is 1.91. The van der Waals surface area contributed by atoms with Crippen LogP contribution >= 0.6 is 11.3 Å². The van der Waals surface area contributed by atoms with E-state index in [1.165, 1.54) is 36.7 Å². The van der Waals surface area contributed by atoms with Gasteiger partial charge in [0.05, 0.1) is 16.8 Å². The number of carbonyl (C=O) groups excluding carboxylic acids is 1. The van der Waals surface area contributed by atoms with Crippen LogP contribution in [0.2, 0.25) is 0 Å². The summed E-state index contributed by atoms with van der Waals surface area (Å²) in [4.78, 5) is 17.2. The Bertz CT molecular complexity index is 775. The number of amides is 1. The van der Waals surface area contributed by atoms with Crippen LogP contribution in [-0.2, 0) is 16.1 Å². The SMILES string of the molecule is COCCn1c(=NC(=O)CC2CCCCC2)sc2cccc(F)c21. The monoisotopic (exact) mass is 350 g/mol. The molecule has 0 atom stereocenters. The van der Waals surface area contributed by atoms with Crippen LogP contribution in [0.1, 0.15) is 38.5 Å². The summed E-state index contributed by atoms with van der Waals surface area (Å²) in [6.45, 7) is 0.928. The molecule has 24 heavy (non-hydrogen) atoms. The first-order valence-corrected chi connectivity index (χ1v) is 9.35. The molecule has 0 N–H and O–H groups in total. The smallest absolute Gasteiger partial charge is 0.248 e. The molecule has 1 amide bonds. The fourth-order valence-electron chi connectivity index (χ4n) is 3.35. The fraction of sp³-hybridized carbons (Fsp3) is 0.556. The van der Waals surface area contributed by atoms with E-state index in [2.05, 4.69) is 4.99 Å². The molecule has 1 aromatic carbocycles. The second-order valence-electron chi connectivity index (χ2n) is 6.33. The lowest BCUT2D eigenvalue weighted by molar-refractivity contribution is -0.119. The first-order valence-electron chi connectivity index (χ1n) is 8.53. The van der Waals surface area contributed by atoms with Gasteiger partial charge in [-0.05, 0) is 30.9 Å². The van der Waals surface area contributed by atoms with Crippen LogP contribution < -0.4 is 4.80 Å². The highest BCUT2D eigenvalue weighted by molar-refractivity contribution is 7.16. The lowest BCUT2D eigenvalue weighted by Gasteiger charge is -2.19. The molecule has 1 aliphatic rings. The first-order chi connectivity index (χ1) is 11.7. The molecule has 1 heterocycles. The van der Waals surface area contributed by atoms with Crippen LogP contribution in [0.3, 0.4) is 0 Å². The van der Waals surface area contributed by atoms with Crippen molar-refractivity contribution in [3.8, 4) is 0 Å². The van der Waals surface area contributed by atoms with E-state index < -0.39 is 0 Å². The average Bonchev–Trinajstić information content (AvgIpc) is 2.92. The normalized spacial score (nSPS) is 16.8. The number of aromatic nitrogens is 1. The van der Waals surface area contributed by atoms with E-state index in [4.69, 9.17) is 4.74 Å². The zero-order valence-corrected chi connectivity index (χ0v) is 14.8. The maximum atomic E-state index is 14.2. The van der Waals surface area contributed by atoms with Gasteiger partial charge in [0.2, 0.25) is 5.91 Å². The average molecular weight is 350 g/mol. The van der Waals surface area contributed by atoms with Crippen LogP contribution in [0.5, 0.6) is 0 Å². The third-order valence-corrected chi connectivity index (χ3v) is 5.62. The number of fused-ring (bicyclic) bond motifs is 1. The quantitative estimate of drug-likeness (QED) is 0.821.